The Labute approximate surface area is 127 Å². The van der Waals surface area contributed by atoms with E-state index in [1.807, 2.05) is 6.07 Å². The lowest BCUT2D eigenvalue weighted by Gasteiger charge is -2.20. The van der Waals surface area contributed by atoms with Crippen molar-refractivity contribution in [2.45, 2.75) is 25.5 Å². The molecule has 0 unspecified atom stereocenters. The number of urea groups is 1. The van der Waals surface area contributed by atoms with Gasteiger partial charge in [0.2, 0.25) is 0 Å². The van der Waals surface area contributed by atoms with Gasteiger partial charge in [0.25, 0.3) is 5.91 Å². The number of carbonyl (C=O) groups excluding carboxylic acids is 2. The van der Waals surface area contributed by atoms with Crippen LogP contribution in [0.5, 0.6) is 5.75 Å². The normalized spacial score (nSPS) is 23.7. The highest BCUT2D eigenvalue weighted by atomic mass is 16.5. The van der Waals surface area contributed by atoms with Gasteiger partial charge in [-0.15, -0.1) is 0 Å². The number of benzene rings is 1. The van der Waals surface area contributed by atoms with E-state index < -0.39 is 24.1 Å². The van der Waals surface area contributed by atoms with Gasteiger partial charge in [-0.25, -0.2) is 9.69 Å². The van der Waals surface area contributed by atoms with Crippen LogP contribution in [0.1, 0.15) is 17.5 Å². The van der Waals surface area contributed by atoms with Crippen molar-refractivity contribution in [3.8, 4) is 11.8 Å². The Balaban J connectivity index is 2.09. The van der Waals surface area contributed by atoms with Crippen molar-refractivity contribution in [1.29, 1.82) is 5.26 Å². The first kappa shape index (κ1) is 14.4. The fraction of sp³-hybridized carbons (Fsp3) is 0.400. The van der Waals surface area contributed by atoms with Gasteiger partial charge in [-0.2, -0.15) is 5.26 Å². The highest BCUT2D eigenvalue weighted by Gasteiger charge is 2.53. The first-order valence-electron chi connectivity index (χ1n) is 6.91. The predicted octanol–water partition coefficient (Wildman–Crippen LogP) is 0.777. The lowest BCUT2D eigenvalue weighted by molar-refractivity contribution is -0.121. The Morgan fingerprint density at radius 2 is 2.14 bits per heavy atom. The molecule has 1 aromatic rings. The van der Waals surface area contributed by atoms with Crippen LogP contribution in [0.4, 0.5) is 10.5 Å². The van der Waals surface area contributed by atoms with Gasteiger partial charge in [0, 0.05) is 12.1 Å². The number of hydrogen-bond acceptors (Lipinski definition) is 5. The molecule has 3 amide bonds. The van der Waals surface area contributed by atoms with Gasteiger partial charge in [0.15, 0.2) is 0 Å². The number of hydrogen-bond donors (Lipinski definition) is 1. The van der Waals surface area contributed by atoms with Gasteiger partial charge >= 0.3 is 6.03 Å². The lowest BCUT2D eigenvalue weighted by atomic mass is 10.1. The van der Waals surface area contributed by atoms with E-state index in [1.54, 1.807) is 13.0 Å². The molecule has 0 aliphatic carbocycles. The summed E-state index contributed by atoms with van der Waals surface area (Å²) in [6.07, 6.45) is -0.439. The quantitative estimate of drug-likeness (QED) is 0.815. The molecule has 114 valence electrons. The highest BCUT2D eigenvalue weighted by Crippen LogP contribution is 2.39. The number of imide groups is 1. The van der Waals surface area contributed by atoms with Crippen LogP contribution in [0, 0.1) is 18.3 Å². The van der Waals surface area contributed by atoms with Crippen molar-refractivity contribution in [1.82, 2.24) is 4.90 Å². The molecule has 2 saturated heterocycles. The number of carbonyl (C=O) groups is 2. The van der Waals surface area contributed by atoms with Crippen LogP contribution in [0.25, 0.3) is 0 Å². The molecule has 1 aromatic carbocycles. The standard InChI is InChI=1S/C15H15N3O4/c1-8-9(7-16)3-4-10(13(8)22-2)18-14(20)12-11(19)5-6-17(12)15(18)21/h3-4,11-12,19H,5-6H2,1-2H3/t11-,12+/m1/s1. The van der Waals surface area contributed by atoms with E-state index in [4.69, 9.17) is 10.00 Å². The summed E-state index contributed by atoms with van der Waals surface area (Å²) in [6, 6.07) is 3.82. The number of ether oxygens (including phenoxy) is 1. The van der Waals surface area contributed by atoms with Gasteiger partial charge in [0.1, 0.15) is 11.8 Å². The molecule has 3 rings (SSSR count). The summed E-state index contributed by atoms with van der Waals surface area (Å²) in [5, 5.41) is 19.0. The molecule has 2 atom stereocenters. The Morgan fingerprint density at radius 1 is 1.41 bits per heavy atom. The SMILES string of the molecule is COc1c(N2C(=O)[C@@H]3[C@H](O)CCN3C2=O)ccc(C#N)c1C. The van der Waals surface area contributed by atoms with E-state index in [1.165, 1.54) is 18.1 Å². The Kier molecular flexibility index (Phi) is 3.26. The fourth-order valence-corrected chi connectivity index (χ4v) is 3.10. The molecule has 2 fully saturated rings. The number of anilines is 1. The fourth-order valence-electron chi connectivity index (χ4n) is 3.10. The van der Waals surface area contributed by atoms with E-state index in [0.29, 0.717) is 35.5 Å². The summed E-state index contributed by atoms with van der Waals surface area (Å²) in [5.74, 6) is -0.145. The van der Waals surface area contributed by atoms with Crippen LogP contribution in [-0.2, 0) is 4.79 Å². The van der Waals surface area contributed by atoms with Crippen LogP contribution < -0.4 is 9.64 Å². The third kappa shape index (κ3) is 1.77. The predicted molar refractivity (Wildman–Crippen MR) is 76.4 cm³/mol. The maximum absolute atomic E-state index is 12.5. The minimum Gasteiger partial charge on any atom is -0.494 e. The van der Waals surface area contributed by atoms with Gasteiger partial charge in [-0.3, -0.25) is 4.79 Å². The molecule has 7 nitrogen and oxygen atoms in total. The lowest BCUT2D eigenvalue weighted by Crippen LogP contribution is -2.36. The van der Waals surface area contributed by atoms with Crippen molar-refractivity contribution < 1.29 is 19.4 Å². The number of aliphatic hydroxyl groups excluding tert-OH is 1. The zero-order valence-corrected chi connectivity index (χ0v) is 12.2. The number of amides is 3. The second-order valence-corrected chi connectivity index (χ2v) is 5.35. The summed E-state index contributed by atoms with van der Waals surface area (Å²) in [6.45, 7) is 2.05. The molecule has 0 spiro atoms. The number of aliphatic hydroxyl groups is 1. The molecule has 2 aliphatic heterocycles. The topological polar surface area (TPSA) is 93.9 Å². The maximum atomic E-state index is 12.5. The molecule has 0 bridgehead atoms. The van der Waals surface area contributed by atoms with E-state index in [9.17, 15) is 14.7 Å². The number of fused-ring (bicyclic) bond motifs is 1. The molecule has 22 heavy (non-hydrogen) atoms. The molecule has 7 heteroatoms. The maximum Gasteiger partial charge on any atom is 0.332 e. The van der Waals surface area contributed by atoms with Crippen LogP contribution in [0.2, 0.25) is 0 Å². The second kappa shape index (κ2) is 5.00. The average Bonchev–Trinajstić information content (AvgIpc) is 2.99. The molecule has 2 heterocycles. The number of nitriles is 1. The number of methoxy groups -OCH3 is 1. The van der Waals surface area contributed by atoms with Gasteiger partial charge in [-0.1, -0.05) is 0 Å². The van der Waals surface area contributed by atoms with Crippen molar-refractivity contribution in [2.24, 2.45) is 0 Å². The zero-order chi connectivity index (χ0) is 16.0. The molecule has 2 aliphatic rings. The third-order valence-corrected chi connectivity index (χ3v) is 4.23. The monoisotopic (exact) mass is 301 g/mol. The third-order valence-electron chi connectivity index (χ3n) is 4.23. The smallest absolute Gasteiger partial charge is 0.332 e. The first-order valence-corrected chi connectivity index (χ1v) is 6.91. The van der Waals surface area contributed by atoms with E-state index in [2.05, 4.69) is 0 Å². The molecule has 1 N–H and O–H groups in total. The van der Waals surface area contributed by atoms with Crippen molar-refractivity contribution in [2.75, 3.05) is 18.6 Å². The van der Waals surface area contributed by atoms with E-state index >= 15 is 0 Å². The van der Waals surface area contributed by atoms with Gasteiger partial charge in [0.05, 0.1) is 30.5 Å². The van der Waals surface area contributed by atoms with E-state index in [-0.39, 0.29) is 0 Å². The zero-order valence-electron chi connectivity index (χ0n) is 12.2. The Bertz CT molecular complexity index is 709. The average molecular weight is 301 g/mol. The molecule has 0 radical (unpaired) electrons. The summed E-state index contributed by atoms with van der Waals surface area (Å²) < 4.78 is 5.30. The van der Waals surface area contributed by atoms with Crippen molar-refractivity contribution in [3.63, 3.8) is 0 Å². The molecule has 0 saturated carbocycles. The summed E-state index contributed by atoms with van der Waals surface area (Å²) in [7, 11) is 1.42. The summed E-state index contributed by atoms with van der Waals surface area (Å²) in [5.41, 5.74) is 1.28. The molecular weight excluding hydrogens is 286 g/mol. The van der Waals surface area contributed by atoms with Crippen LogP contribution in [0.3, 0.4) is 0 Å². The van der Waals surface area contributed by atoms with E-state index in [0.717, 1.165) is 4.90 Å². The summed E-state index contributed by atoms with van der Waals surface area (Å²) in [4.78, 5) is 27.4. The molecule has 0 aromatic heterocycles. The number of nitrogens with zero attached hydrogens (tertiary/aromatic N) is 3. The minimum absolute atomic E-state index is 0.301. The first-order chi connectivity index (χ1) is 10.5. The van der Waals surface area contributed by atoms with Crippen LogP contribution >= 0.6 is 0 Å². The summed E-state index contributed by atoms with van der Waals surface area (Å²) >= 11 is 0. The number of rotatable bonds is 2. The van der Waals surface area contributed by atoms with Crippen molar-refractivity contribution >= 4 is 17.6 Å². The van der Waals surface area contributed by atoms with Gasteiger partial charge in [-0.05, 0) is 25.5 Å². The minimum atomic E-state index is -0.841. The Morgan fingerprint density at radius 3 is 2.73 bits per heavy atom. The molecular formula is C15H15N3O4. The highest BCUT2D eigenvalue weighted by molar-refractivity contribution is 6.22. The largest absolute Gasteiger partial charge is 0.494 e. The van der Waals surface area contributed by atoms with Crippen molar-refractivity contribution in [3.05, 3.63) is 23.3 Å². The Hall–Kier alpha value is -2.59. The van der Waals surface area contributed by atoms with Crippen LogP contribution in [0.15, 0.2) is 12.1 Å². The van der Waals surface area contributed by atoms with Gasteiger partial charge < -0.3 is 14.7 Å². The van der Waals surface area contributed by atoms with Crippen LogP contribution in [-0.4, -0.2) is 47.7 Å². The second-order valence-electron chi connectivity index (χ2n) is 5.35.